The maximum atomic E-state index is 11.3. The van der Waals surface area contributed by atoms with Crippen molar-refractivity contribution in [1.82, 2.24) is 15.3 Å². The van der Waals surface area contributed by atoms with Crippen molar-refractivity contribution in [3.8, 4) is 0 Å². The third-order valence-electron chi connectivity index (χ3n) is 2.58. The Bertz CT molecular complexity index is 427. The van der Waals surface area contributed by atoms with E-state index in [4.69, 9.17) is 0 Å². The molecule has 0 aliphatic heterocycles. The first kappa shape index (κ1) is 15.6. The van der Waals surface area contributed by atoms with E-state index in [9.17, 15) is 4.79 Å². The molecule has 0 spiro atoms. The van der Waals surface area contributed by atoms with Gasteiger partial charge in [0, 0.05) is 39.7 Å². The van der Waals surface area contributed by atoms with Gasteiger partial charge in [-0.05, 0) is 13.2 Å². The van der Waals surface area contributed by atoms with E-state index >= 15 is 0 Å². The second kappa shape index (κ2) is 7.83. The standard InChI is InChI=1S/C12H21N5OS/c1-5-14-9-8-10(16-12(15-9)19-4)17(3)7-6-11(18)13-2/h8H,5-7H2,1-4H3,(H,13,18)(H,14,15,16). The van der Waals surface area contributed by atoms with Crippen LogP contribution in [0.15, 0.2) is 11.2 Å². The summed E-state index contributed by atoms with van der Waals surface area (Å²) in [6.07, 6.45) is 2.39. The fourth-order valence-electron chi connectivity index (χ4n) is 1.48. The summed E-state index contributed by atoms with van der Waals surface area (Å²) in [6.45, 7) is 3.46. The molecular formula is C12H21N5OS. The van der Waals surface area contributed by atoms with Gasteiger partial charge < -0.3 is 15.5 Å². The second-order valence-corrected chi connectivity index (χ2v) is 4.75. The Labute approximate surface area is 118 Å². The van der Waals surface area contributed by atoms with Crippen LogP contribution >= 0.6 is 11.8 Å². The third-order valence-corrected chi connectivity index (χ3v) is 3.12. The zero-order valence-electron chi connectivity index (χ0n) is 11.9. The van der Waals surface area contributed by atoms with Crippen molar-refractivity contribution in [3.63, 3.8) is 0 Å². The molecule has 0 atom stereocenters. The lowest BCUT2D eigenvalue weighted by Gasteiger charge is -2.19. The maximum absolute atomic E-state index is 11.3. The highest BCUT2D eigenvalue weighted by atomic mass is 32.2. The first-order valence-electron chi connectivity index (χ1n) is 6.19. The summed E-state index contributed by atoms with van der Waals surface area (Å²) >= 11 is 1.50. The number of carbonyl (C=O) groups is 1. The summed E-state index contributed by atoms with van der Waals surface area (Å²) in [5.41, 5.74) is 0. The molecule has 1 aromatic heterocycles. The molecule has 106 valence electrons. The van der Waals surface area contributed by atoms with Crippen LogP contribution in [0.5, 0.6) is 0 Å². The smallest absolute Gasteiger partial charge is 0.221 e. The van der Waals surface area contributed by atoms with Gasteiger partial charge in [0.05, 0.1) is 0 Å². The van der Waals surface area contributed by atoms with E-state index < -0.39 is 0 Å². The lowest BCUT2D eigenvalue weighted by atomic mass is 10.3. The highest BCUT2D eigenvalue weighted by Gasteiger charge is 2.09. The molecule has 0 saturated heterocycles. The van der Waals surface area contributed by atoms with E-state index in [1.807, 2.05) is 31.2 Å². The van der Waals surface area contributed by atoms with Gasteiger partial charge in [-0.3, -0.25) is 4.79 Å². The average molecular weight is 283 g/mol. The molecule has 0 aromatic carbocycles. The third kappa shape index (κ3) is 4.94. The number of nitrogens with zero attached hydrogens (tertiary/aromatic N) is 3. The minimum absolute atomic E-state index is 0.0258. The number of amides is 1. The van der Waals surface area contributed by atoms with Gasteiger partial charge >= 0.3 is 0 Å². The highest BCUT2D eigenvalue weighted by molar-refractivity contribution is 7.98. The topological polar surface area (TPSA) is 70.2 Å². The molecule has 0 saturated carbocycles. The van der Waals surface area contributed by atoms with Crippen molar-refractivity contribution in [2.24, 2.45) is 0 Å². The average Bonchev–Trinajstić information content (AvgIpc) is 2.44. The summed E-state index contributed by atoms with van der Waals surface area (Å²) in [5, 5.41) is 6.52. The Morgan fingerprint density at radius 1 is 1.47 bits per heavy atom. The van der Waals surface area contributed by atoms with Gasteiger partial charge in [0.25, 0.3) is 0 Å². The largest absolute Gasteiger partial charge is 0.370 e. The number of hydrogen-bond acceptors (Lipinski definition) is 6. The Kier molecular flexibility index (Phi) is 6.41. The fraction of sp³-hybridized carbons (Fsp3) is 0.583. The van der Waals surface area contributed by atoms with Crippen molar-refractivity contribution >= 4 is 29.3 Å². The molecule has 7 heteroatoms. The Balaban J connectivity index is 2.79. The van der Waals surface area contributed by atoms with E-state index in [0.29, 0.717) is 13.0 Å². The number of hydrogen-bond donors (Lipinski definition) is 2. The molecular weight excluding hydrogens is 262 g/mol. The first-order chi connectivity index (χ1) is 9.10. The zero-order valence-corrected chi connectivity index (χ0v) is 12.7. The van der Waals surface area contributed by atoms with Gasteiger partial charge in [-0.25, -0.2) is 9.97 Å². The second-order valence-electron chi connectivity index (χ2n) is 3.97. The normalized spacial score (nSPS) is 10.1. The van der Waals surface area contributed by atoms with Crippen molar-refractivity contribution in [2.45, 2.75) is 18.5 Å². The number of anilines is 2. The van der Waals surface area contributed by atoms with Gasteiger partial charge in [0.1, 0.15) is 11.6 Å². The molecule has 0 fully saturated rings. The zero-order chi connectivity index (χ0) is 14.3. The molecule has 0 bridgehead atoms. The van der Waals surface area contributed by atoms with Crippen molar-refractivity contribution in [2.75, 3.05) is 43.7 Å². The number of rotatable bonds is 7. The molecule has 1 rings (SSSR count). The van der Waals surface area contributed by atoms with E-state index in [2.05, 4.69) is 20.6 Å². The van der Waals surface area contributed by atoms with Crippen LogP contribution < -0.4 is 15.5 Å². The van der Waals surface area contributed by atoms with Crippen LogP contribution in [-0.4, -0.2) is 49.3 Å². The summed E-state index contributed by atoms with van der Waals surface area (Å²) < 4.78 is 0. The van der Waals surface area contributed by atoms with Gasteiger partial charge in [-0.15, -0.1) is 0 Å². The van der Waals surface area contributed by atoms with Gasteiger partial charge in [0.2, 0.25) is 5.91 Å². The molecule has 0 aliphatic rings. The molecule has 2 N–H and O–H groups in total. The van der Waals surface area contributed by atoms with Crippen molar-refractivity contribution in [1.29, 1.82) is 0 Å². The van der Waals surface area contributed by atoms with Gasteiger partial charge in [0.15, 0.2) is 5.16 Å². The summed E-state index contributed by atoms with van der Waals surface area (Å²) in [5.74, 6) is 1.65. The number of thioether (sulfide) groups is 1. The highest BCUT2D eigenvalue weighted by Crippen LogP contribution is 2.19. The molecule has 0 aliphatic carbocycles. The molecule has 6 nitrogen and oxygen atoms in total. The van der Waals surface area contributed by atoms with Gasteiger partial charge in [-0.2, -0.15) is 0 Å². The Hall–Kier alpha value is -1.50. The summed E-state index contributed by atoms with van der Waals surface area (Å²) in [4.78, 5) is 22.0. The van der Waals surface area contributed by atoms with E-state index in [1.54, 1.807) is 7.05 Å². The quantitative estimate of drug-likeness (QED) is 0.579. The van der Waals surface area contributed by atoms with Crippen LogP contribution in [0.2, 0.25) is 0 Å². The fourth-order valence-corrected chi connectivity index (χ4v) is 1.85. The molecule has 1 amide bonds. The predicted octanol–water partition coefficient (Wildman–Crippen LogP) is 1.20. The number of nitrogens with one attached hydrogen (secondary N) is 2. The molecule has 0 radical (unpaired) electrons. The van der Waals surface area contributed by atoms with E-state index in [1.165, 1.54) is 11.8 Å². The van der Waals surface area contributed by atoms with Gasteiger partial charge in [-0.1, -0.05) is 11.8 Å². The van der Waals surface area contributed by atoms with Crippen LogP contribution in [-0.2, 0) is 4.79 Å². The van der Waals surface area contributed by atoms with Crippen LogP contribution in [0.1, 0.15) is 13.3 Å². The molecule has 1 aromatic rings. The monoisotopic (exact) mass is 283 g/mol. The van der Waals surface area contributed by atoms with Crippen LogP contribution in [0, 0.1) is 0 Å². The minimum atomic E-state index is 0.0258. The number of carbonyl (C=O) groups excluding carboxylic acids is 1. The number of aromatic nitrogens is 2. The molecule has 0 unspecified atom stereocenters. The lowest BCUT2D eigenvalue weighted by Crippen LogP contribution is -2.27. The van der Waals surface area contributed by atoms with E-state index in [0.717, 1.165) is 23.3 Å². The Morgan fingerprint density at radius 2 is 2.21 bits per heavy atom. The predicted molar refractivity (Wildman–Crippen MR) is 79.9 cm³/mol. The first-order valence-corrected chi connectivity index (χ1v) is 7.41. The molecule has 1 heterocycles. The SMILES string of the molecule is CCNc1cc(N(C)CCC(=O)NC)nc(SC)n1. The minimum Gasteiger partial charge on any atom is -0.370 e. The summed E-state index contributed by atoms with van der Waals surface area (Å²) in [6, 6.07) is 1.90. The van der Waals surface area contributed by atoms with Crippen molar-refractivity contribution in [3.05, 3.63) is 6.07 Å². The van der Waals surface area contributed by atoms with Crippen LogP contribution in [0.3, 0.4) is 0 Å². The van der Waals surface area contributed by atoms with Crippen LogP contribution in [0.25, 0.3) is 0 Å². The van der Waals surface area contributed by atoms with E-state index in [-0.39, 0.29) is 5.91 Å². The maximum Gasteiger partial charge on any atom is 0.221 e. The van der Waals surface area contributed by atoms with Crippen molar-refractivity contribution < 1.29 is 4.79 Å². The van der Waals surface area contributed by atoms with Crippen LogP contribution in [0.4, 0.5) is 11.6 Å². The molecule has 19 heavy (non-hydrogen) atoms. The lowest BCUT2D eigenvalue weighted by molar-refractivity contribution is -0.120. The Morgan fingerprint density at radius 3 is 2.79 bits per heavy atom. The summed E-state index contributed by atoms with van der Waals surface area (Å²) in [7, 11) is 3.56.